The highest BCUT2D eigenvalue weighted by Crippen LogP contribution is 2.37. The normalized spacial score (nSPS) is 20.5. The van der Waals surface area contributed by atoms with E-state index in [4.69, 9.17) is 4.42 Å². The lowest BCUT2D eigenvalue weighted by molar-refractivity contribution is -0.116. The summed E-state index contributed by atoms with van der Waals surface area (Å²) in [4.78, 5) is 18.3. The van der Waals surface area contributed by atoms with Gasteiger partial charge in [0, 0.05) is 16.7 Å². The molecule has 1 saturated heterocycles. The summed E-state index contributed by atoms with van der Waals surface area (Å²) < 4.78 is 5.72. The highest BCUT2D eigenvalue weighted by atomic mass is 32.2. The quantitative estimate of drug-likeness (QED) is 0.705. The van der Waals surface area contributed by atoms with Crippen LogP contribution in [-0.2, 0) is 11.3 Å². The summed E-state index contributed by atoms with van der Waals surface area (Å²) in [6.07, 6.45) is 3.45. The molecule has 0 bridgehead atoms. The number of amides is 1. The minimum Gasteiger partial charge on any atom is -0.415 e. The van der Waals surface area contributed by atoms with Crippen LogP contribution in [0.15, 0.2) is 38.8 Å². The van der Waals surface area contributed by atoms with E-state index in [-0.39, 0.29) is 5.91 Å². The fourth-order valence-corrected chi connectivity index (χ4v) is 5.21. The van der Waals surface area contributed by atoms with Gasteiger partial charge in [-0.2, -0.15) is 0 Å². The molecule has 0 spiro atoms. The van der Waals surface area contributed by atoms with E-state index < -0.39 is 0 Å². The van der Waals surface area contributed by atoms with Crippen LogP contribution in [0.2, 0.25) is 0 Å². The third kappa shape index (κ3) is 4.67. The Morgan fingerprint density at radius 3 is 2.93 bits per heavy atom. The van der Waals surface area contributed by atoms with Crippen LogP contribution in [0.4, 0.5) is 5.69 Å². The molecule has 27 heavy (non-hydrogen) atoms. The first-order valence-electron chi connectivity index (χ1n) is 9.42. The van der Waals surface area contributed by atoms with Gasteiger partial charge in [0.1, 0.15) is 0 Å². The molecule has 0 saturated carbocycles. The van der Waals surface area contributed by atoms with Crippen molar-refractivity contribution in [2.45, 2.75) is 48.1 Å². The summed E-state index contributed by atoms with van der Waals surface area (Å²) >= 11 is 3.17. The lowest BCUT2D eigenvalue weighted by Crippen LogP contribution is -2.33. The van der Waals surface area contributed by atoms with Crippen molar-refractivity contribution in [2.24, 2.45) is 0 Å². The fourth-order valence-electron chi connectivity index (χ4n) is 3.44. The number of aromatic nitrogens is 2. The first kappa shape index (κ1) is 18.8. The maximum absolute atomic E-state index is 12.9. The van der Waals surface area contributed by atoms with Crippen LogP contribution >= 0.6 is 23.5 Å². The number of rotatable bonds is 5. The number of likely N-dealkylation sites (tertiary alicyclic amines) is 1. The van der Waals surface area contributed by atoms with Gasteiger partial charge in [0.2, 0.25) is 11.8 Å². The van der Waals surface area contributed by atoms with Crippen molar-refractivity contribution < 1.29 is 9.21 Å². The lowest BCUT2D eigenvalue weighted by atomic mass is 10.2. The fraction of sp³-hybridized carbons (Fsp3) is 0.526. The van der Waals surface area contributed by atoms with E-state index in [2.05, 4.69) is 28.1 Å². The maximum Gasteiger partial charge on any atom is 0.277 e. The zero-order valence-electron chi connectivity index (χ0n) is 15.5. The van der Waals surface area contributed by atoms with Gasteiger partial charge >= 0.3 is 0 Å². The number of fused-ring (bicyclic) bond motifs is 1. The molecule has 1 aromatic carbocycles. The Labute approximate surface area is 168 Å². The van der Waals surface area contributed by atoms with Crippen molar-refractivity contribution in [3.8, 4) is 0 Å². The smallest absolute Gasteiger partial charge is 0.277 e. The Bertz CT molecular complexity index is 792. The Morgan fingerprint density at radius 1 is 1.26 bits per heavy atom. The molecule has 0 aliphatic carbocycles. The molecule has 4 rings (SSSR count). The summed E-state index contributed by atoms with van der Waals surface area (Å²) in [5.41, 5.74) is 1.01. The van der Waals surface area contributed by atoms with E-state index in [0.717, 1.165) is 31.7 Å². The average Bonchev–Trinajstić information content (AvgIpc) is 3.30. The van der Waals surface area contributed by atoms with Crippen molar-refractivity contribution in [3.63, 3.8) is 0 Å². The van der Waals surface area contributed by atoms with E-state index in [1.165, 1.54) is 29.5 Å². The highest BCUT2D eigenvalue weighted by molar-refractivity contribution is 8.00. The molecular weight excluding hydrogens is 380 g/mol. The maximum atomic E-state index is 12.9. The second-order valence-electron chi connectivity index (χ2n) is 6.96. The molecule has 0 radical (unpaired) electrons. The Hall–Kier alpha value is -1.51. The summed E-state index contributed by atoms with van der Waals surface area (Å²) in [7, 11) is 0. The number of nitrogens with zero attached hydrogens (tertiary/aromatic N) is 4. The predicted octanol–water partition coefficient (Wildman–Crippen LogP) is 3.68. The Kier molecular flexibility index (Phi) is 6.04. The molecule has 2 aliphatic heterocycles. The summed E-state index contributed by atoms with van der Waals surface area (Å²) in [5.74, 6) is 1.03. The van der Waals surface area contributed by atoms with E-state index >= 15 is 0 Å². The zero-order valence-corrected chi connectivity index (χ0v) is 17.1. The molecule has 6 nitrogen and oxygen atoms in total. The van der Waals surface area contributed by atoms with Crippen LogP contribution in [0.3, 0.4) is 0 Å². The van der Waals surface area contributed by atoms with Crippen LogP contribution in [0.25, 0.3) is 0 Å². The summed E-state index contributed by atoms with van der Waals surface area (Å²) in [6, 6.07) is 8.15. The standard InChI is InChI=1S/C19H24N4O2S2/c1-14-8-11-23(15-6-2-3-7-16(15)27-14)18(24)13-26-19-21-20-17(25-19)12-22-9-4-5-10-22/h2-3,6-7,14H,4-5,8-13H2,1H3/t14-/m0/s1. The van der Waals surface area contributed by atoms with E-state index in [1.54, 1.807) is 0 Å². The first-order valence-corrected chi connectivity index (χ1v) is 11.3. The van der Waals surface area contributed by atoms with Gasteiger partial charge in [-0.15, -0.1) is 22.0 Å². The molecule has 0 N–H and O–H groups in total. The number of para-hydroxylation sites is 1. The summed E-state index contributed by atoms with van der Waals surface area (Å²) in [6.45, 7) is 5.84. The molecule has 1 fully saturated rings. The number of carbonyl (C=O) groups excluding carboxylic acids is 1. The zero-order chi connectivity index (χ0) is 18.6. The largest absolute Gasteiger partial charge is 0.415 e. The van der Waals surface area contributed by atoms with Crippen molar-refractivity contribution in [3.05, 3.63) is 30.2 Å². The van der Waals surface area contributed by atoms with E-state index in [0.29, 0.717) is 28.7 Å². The van der Waals surface area contributed by atoms with Gasteiger partial charge in [-0.3, -0.25) is 9.69 Å². The van der Waals surface area contributed by atoms with Crippen molar-refractivity contribution in [2.75, 3.05) is 30.3 Å². The van der Waals surface area contributed by atoms with Crippen LogP contribution < -0.4 is 4.90 Å². The molecule has 3 heterocycles. The van der Waals surface area contributed by atoms with Crippen LogP contribution in [0.5, 0.6) is 0 Å². The van der Waals surface area contributed by atoms with Crippen LogP contribution in [-0.4, -0.2) is 51.6 Å². The number of hydrogen-bond acceptors (Lipinski definition) is 7. The minimum absolute atomic E-state index is 0.0847. The van der Waals surface area contributed by atoms with Gasteiger partial charge in [0.15, 0.2) is 0 Å². The first-order chi connectivity index (χ1) is 13.2. The van der Waals surface area contributed by atoms with Gasteiger partial charge in [-0.1, -0.05) is 30.8 Å². The topological polar surface area (TPSA) is 62.5 Å². The van der Waals surface area contributed by atoms with Gasteiger partial charge in [-0.25, -0.2) is 0 Å². The van der Waals surface area contributed by atoms with Gasteiger partial charge in [0.05, 0.1) is 18.0 Å². The molecular formula is C19H24N4O2S2. The monoisotopic (exact) mass is 404 g/mol. The lowest BCUT2D eigenvalue weighted by Gasteiger charge is -2.22. The number of carbonyl (C=O) groups is 1. The summed E-state index contributed by atoms with van der Waals surface area (Å²) in [5, 5.41) is 9.19. The van der Waals surface area contributed by atoms with Crippen molar-refractivity contribution in [1.82, 2.24) is 15.1 Å². The molecule has 2 aromatic rings. The third-order valence-corrected chi connectivity index (χ3v) is 6.91. The van der Waals surface area contributed by atoms with E-state index in [9.17, 15) is 4.79 Å². The number of anilines is 1. The third-order valence-electron chi connectivity index (χ3n) is 4.87. The SMILES string of the molecule is C[C@H]1CCN(C(=O)CSc2nnc(CN3CCCC3)o2)c2ccccc2S1. The molecule has 8 heteroatoms. The molecule has 2 aliphatic rings. The number of hydrogen-bond donors (Lipinski definition) is 0. The molecule has 1 aromatic heterocycles. The number of benzene rings is 1. The van der Waals surface area contributed by atoms with Crippen molar-refractivity contribution >= 4 is 35.1 Å². The Balaban J connectivity index is 1.37. The van der Waals surface area contributed by atoms with Gasteiger partial charge in [0.25, 0.3) is 5.22 Å². The second-order valence-corrected chi connectivity index (χ2v) is 9.37. The number of thioether (sulfide) groups is 2. The Morgan fingerprint density at radius 2 is 2.07 bits per heavy atom. The van der Waals surface area contributed by atoms with Gasteiger partial charge in [-0.05, 0) is 44.5 Å². The minimum atomic E-state index is 0.0847. The van der Waals surface area contributed by atoms with Crippen molar-refractivity contribution in [1.29, 1.82) is 0 Å². The van der Waals surface area contributed by atoms with Crippen LogP contribution in [0.1, 0.15) is 32.1 Å². The predicted molar refractivity (Wildman–Crippen MR) is 108 cm³/mol. The average molecular weight is 405 g/mol. The second kappa shape index (κ2) is 8.67. The molecule has 1 amide bonds. The molecule has 144 valence electrons. The van der Waals surface area contributed by atoms with E-state index in [1.807, 2.05) is 34.9 Å². The van der Waals surface area contributed by atoms with Gasteiger partial charge < -0.3 is 9.32 Å². The molecule has 1 atom stereocenters. The highest BCUT2D eigenvalue weighted by Gasteiger charge is 2.24. The molecule has 0 unspecified atom stereocenters. The van der Waals surface area contributed by atoms with Crippen LogP contribution in [0, 0.1) is 0 Å².